The standard InChI is InChI=1S/C16H14F3N3O/c17-16(18,19)15-21-13-6-1-2-7-14(13)22(15)8-9-23-12-5-3-4-11(20)10-12/h1-7,10H,8-9,20H2. The molecule has 0 amide bonds. The monoisotopic (exact) mass is 321 g/mol. The van der Waals surface area contributed by atoms with Gasteiger partial charge < -0.3 is 15.0 Å². The fourth-order valence-electron chi connectivity index (χ4n) is 2.38. The van der Waals surface area contributed by atoms with Crippen LogP contribution in [-0.4, -0.2) is 16.2 Å². The third-order valence-electron chi connectivity index (χ3n) is 3.35. The molecule has 23 heavy (non-hydrogen) atoms. The maximum absolute atomic E-state index is 13.1. The Labute approximate surface area is 130 Å². The molecular weight excluding hydrogens is 307 g/mol. The normalized spacial score (nSPS) is 11.8. The summed E-state index contributed by atoms with van der Waals surface area (Å²) in [7, 11) is 0. The molecule has 120 valence electrons. The van der Waals surface area contributed by atoms with Crippen LogP contribution in [-0.2, 0) is 12.7 Å². The van der Waals surface area contributed by atoms with Crippen LogP contribution in [0, 0.1) is 0 Å². The van der Waals surface area contributed by atoms with Crippen molar-refractivity contribution < 1.29 is 17.9 Å². The number of halogens is 3. The number of benzene rings is 2. The second-order valence-electron chi connectivity index (χ2n) is 4.99. The number of imidazole rings is 1. The molecule has 0 aliphatic carbocycles. The number of aromatic nitrogens is 2. The quantitative estimate of drug-likeness (QED) is 0.745. The zero-order valence-electron chi connectivity index (χ0n) is 12.0. The first-order chi connectivity index (χ1) is 10.9. The summed E-state index contributed by atoms with van der Waals surface area (Å²) in [5.41, 5.74) is 6.91. The third kappa shape index (κ3) is 3.23. The maximum Gasteiger partial charge on any atom is 0.449 e. The van der Waals surface area contributed by atoms with Crippen LogP contribution in [0.4, 0.5) is 18.9 Å². The molecule has 0 spiro atoms. The molecule has 0 radical (unpaired) electrons. The summed E-state index contributed by atoms with van der Waals surface area (Å²) >= 11 is 0. The molecule has 1 aromatic heterocycles. The minimum atomic E-state index is -4.52. The molecule has 2 N–H and O–H groups in total. The highest BCUT2D eigenvalue weighted by Gasteiger charge is 2.37. The van der Waals surface area contributed by atoms with Gasteiger partial charge in [0.05, 0.1) is 17.6 Å². The predicted octanol–water partition coefficient (Wildman–Crippen LogP) is 3.72. The van der Waals surface area contributed by atoms with Gasteiger partial charge >= 0.3 is 6.18 Å². The van der Waals surface area contributed by atoms with E-state index in [4.69, 9.17) is 10.5 Å². The van der Waals surface area contributed by atoms with Crippen molar-refractivity contribution in [2.24, 2.45) is 0 Å². The number of alkyl halides is 3. The van der Waals surface area contributed by atoms with Crippen LogP contribution in [0.1, 0.15) is 5.82 Å². The molecule has 3 rings (SSSR count). The highest BCUT2D eigenvalue weighted by molar-refractivity contribution is 5.76. The van der Waals surface area contributed by atoms with Crippen LogP contribution in [0.2, 0.25) is 0 Å². The van der Waals surface area contributed by atoms with Crippen LogP contribution in [0.15, 0.2) is 48.5 Å². The number of ether oxygens (including phenoxy) is 1. The van der Waals surface area contributed by atoms with E-state index in [1.807, 2.05) is 0 Å². The lowest BCUT2D eigenvalue weighted by atomic mass is 10.3. The van der Waals surface area contributed by atoms with Crippen molar-refractivity contribution in [2.45, 2.75) is 12.7 Å². The number of nitrogen functional groups attached to an aromatic ring is 1. The van der Waals surface area contributed by atoms with Crippen LogP contribution < -0.4 is 10.5 Å². The molecule has 0 aliphatic heterocycles. The largest absolute Gasteiger partial charge is 0.492 e. The molecule has 0 saturated heterocycles. The number of fused-ring (bicyclic) bond motifs is 1. The fourth-order valence-corrected chi connectivity index (χ4v) is 2.38. The molecule has 3 aromatic rings. The van der Waals surface area contributed by atoms with E-state index in [0.29, 0.717) is 22.5 Å². The lowest BCUT2D eigenvalue weighted by Gasteiger charge is -2.12. The van der Waals surface area contributed by atoms with E-state index in [0.717, 1.165) is 4.57 Å². The smallest absolute Gasteiger partial charge is 0.449 e. The summed E-state index contributed by atoms with van der Waals surface area (Å²) in [6, 6.07) is 13.3. The first kappa shape index (κ1) is 15.2. The van der Waals surface area contributed by atoms with E-state index in [1.54, 1.807) is 48.5 Å². The number of para-hydroxylation sites is 2. The molecule has 0 atom stereocenters. The summed E-state index contributed by atoms with van der Waals surface area (Å²) in [6.07, 6.45) is -4.52. The molecule has 0 saturated carbocycles. The van der Waals surface area contributed by atoms with Crippen molar-refractivity contribution in [1.29, 1.82) is 0 Å². The van der Waals surface area contributed by atoms with Crippen molar-refractivity contribution in [3.05, 3.63) is 54.4 Å². The number of anilines is 1. The average molecular weight is 321 g/mol. The third-order valence-corrected chi connectivity index (χ3v) is 3.35. The zero-order chi connectivity index (χ0) is 16.4. The van der Waals surface area contributed by atoms with Gasteiger partial charge in [-0.15, -0.1) is 0 Å². The zero-order valence-corrected chi connectivity index (χ0v) is 12.0. The minimum absolute atomic E-state index is 0.0319. The van der Waals surface area contributed by atoms with E-state index < -0.39 is 12.0 Å². The molecule has 0 aliphatic rings. The minimum Gasteiger partial charge on any atom is -0.492 e. The highest BCUT2D eigenvalue weighted by atomic mass is 19.4. The average Bonchev–Trinajstić information content (AvgIpc) is 2.87. The number of hydrogen-bond donors (Lipinski definition) is 1. The molecule has 4 nitrogen and oxygen atoms in total. The van der Waals surface area contributed by atoms with Crippen molar-refractivity contribution >= 4 is 16.7 Å². The fraction of sp³-hybridized carbons (Fsp3) is 0.188. The summed E-state index contributed by atoms with van der Waals surface area (Å²) < 4.78 is 46.1. The molecule has 0 fully saturated rings. The van der Waals surface area contributed by atoms with Gasteiger partial charge in [-0.05, 0) is 24.3 Å². The first-order valence-electron chi connectivity index (χ1n) is 6.96. The molecular formula is C16H14F3N3O. The van der Waals surface area contributed by atoms with Crippen molar-refractivity contribution in [3.8, 4) is 5.75 Å². The molecule has 7 heteroatoms. The number of nitrogens with zero attached hydrogens (tertiary/aromatic N) is 2. The van der Waals surface area contributed by atoms with Crippen LogP contribution in [0.5, 0.6) is 5.75 Å². The van der Waals surface area contributed by atoms with Gasteiger partial charge in [0.15, 0.2) is 0 Å². The van der Waals surface area contributed by atoms with Crippen LogP contribution >= 0.6 is 0 Å². The van der Waals surface area contributed by atoms with Gasteiger partial charge in [0.2, 0.25) is 5.82 Å². The van der Waals surface area contributed by atoms with Crippen LogP contribution in [0.3, 0.4) is 0 Å². The molecule has 0 unspecified atom stereocenters. The Balaban J connectivity index is 1.84. The van der Waals surface area contributed by atoms with Crippen molar-refractivity contribution in [3.63, 3.8) is 0 Å². The molecule has 2 aromatic carbocycles. The van der Waals surface area contributed by atoms with Gasteiger partial charge in [0, 0.05) is 11.8 Å². The van der Waals surface area contributed by atoms with E-state index in [2.05, 4.69) is 4.98 Å². The summed E-state index contributed by atoms with van der Waals surface area (Å²) in [4.78, 5) is 3.69. The SMILES string of the molecule is Nc1cccc(OCCn2c(C(F)(F)F)nc3ccccc32)c1. The van der Waals surface area contributed by atoms with Crippen molar-refractivity contribution in [1.82, 2.24) is 9.55 Å². The maximum atomic E-state index is 13.1. The van der Waals surface area contributed by atoms with E-state index in [9.17, 15) is 13.2 Å². The Morgan fingerprint density at radius 1 is 1.09 bits per heavy atom. The van der Waals surface area contributed by atoms with Gasteiger partial charge in [-0.25, -0.2) is 4.98 Å². The Bertz CT molecular complexity index is 827. The van der Waals surface area contributed by atoms with E-state index >= 15 is 0 Å². The second kappa shape index (κ2) is 5.83. The summed E-state index contributed by atoms with van der Waals surface area (Å²) in [5.74, 6) is -0.405. The topological polar surface area (TPSA) is 53.1 Å². The van der Waals surface area contributed by atoms with E-state index in [-0.39, 0.29) is 13.2 Å². The van der Waals surface area contributed by atoms with Gasteiger partial charge in [0.25, 0.3) is 0 Å². The highest BCUT2D eigenvalue weighted by Crippen LogP contribution is 2.31. The predicted molar refractivity (Wildman–Crippen MR) is 81.1 cm³/mol. The Kier molecular flexibility index (Phi) is 3.85. The Morgan fingerprint density at radius 3 is 2.61 bits per heavy atom. The lowest BCUT2D eigenvalue weighted by Crippen LogP contribution is -2.18. The number of hydrogen-bond acceptors (Lipinski definition) is 3. The van der Waals surface area contributed by atoms with E-state index in [1.165, 1.54) is 0 Å². The summed E-state index contributed by atoms with van der Waals surface area (Å²) in [5, 5.41) is 0. The van der Waals surface area contributed by atoms with Gasteiger partial charge in [0.1, 0.15) is 12.4 Å². The second-order valence-corrected chi connectivity index (χ2v) is 4.99. The number of nitrogens with two attached hydrogens (primary N) is 1. The molecule has 0 bridgehead atoms. The van der Waals surface area contributed by atoms with Crippen LogP contribution in [0.25, 0.3) is 11.0 Å². The lowest BCUT2D eigenvalue weighted by molar-refractivity contribution is -0.147. The first-order valence-corrected chi connectivity index (χ1v) is 6.96. The van der Waals surface area contributed by atoms with Gasteiger partial charge in [-0.1, -0.05) is 18.2 Å². The molecule has 1 heterocycles. The Hall–Kier alpha value is -2.70. The Morgan fingerprint density at radius 2 is 1.87 bits per heavy atom. The summed E-state index contributed by atoms with van der Waals surface area (Å²) in [6.45, 7) is 0.108. The number of rotatable bonds is 4. The van der Waals surface area contributed by atoms with Gasteiger partial charge in [-0.2, -0.15) is 13.2 Å². The van der Waals surface area contributed by atoms with Crippen molar-refractivity contribution in [2.75, 3.05) is 12.3 Å². The van der Waals surface area contributed by atoms with Gasteiger partial charge in [-0.3, -0.25) is 0 Å².